The first kappa shape index (κ1) is 27.1. The normalized spacial score (nSPS) is 18.5. The number of hydrogen-bond acceptors (Lipinski definition) is 10. The molecule has 0 aliphatic heterocycles. The Morgan fingerprint density at radius 2 is 1.90 bits per heavy atom. The fourth-order valence-electron chi connectivity index (χ4n) is 4.72. The van der Waals surface area contributed by atoms with Crippen LogP contribution in [0, 0.1) is 5.92 Å². The summed E-state index contributed by atoms with van der Waals surface area (Å²) in [5.74, 6) is -3.93. The van der Waals surface area contributed by atoms with E-state index in [2.05, 4.69) is 15.0 Å². The molecule has 1 aromatic carbocycles. The molecule has 1 aliphatic carbocycles. The molecule has 0 radical (unpaired) electrons. The van der Waals surface area contributed by atoms with E-state index in [4.69, 9.17) is 20.9 Å². The highest BCUT2D eigenvalue weighted by atomic mass is 16.6. The van der Waals surface area contributed by atoms with E-state index in [-0.39, 0.29) is 36.2 Å². The number of anilines is 2. The third-order valence-electron chi connectivity index (χ3n) is 6.42. The number of allylic oxidation sites excluding steroid dienone is 2. The number of imidazole rings is 1. The molecule has 3 aromatic rings. The van der Waals surface area contributed by atoms with Crippen LogP contribution in [0.1, 0.15) is 42.1 Å². The van der Waals surface area contributed by atoms with Crippen molar-refractivity contribution in [3.8, 4) is 0 Å². The number of aliphatic carboxylic acids is 1. The average Bonchev–Trinajstić information content (AvgIpc) is 3.28. The summed E-state index contributed by atoms with van der Waals surface area (Å²) in [4.78, 5) is 48.3. The van der Waals surface area contributed by atoms with Gasteiger partial charge in [-0.1, -0.05) is 30.4 Å². The fraction of sp³-hybridized carbons (Fsp3) is 0.308. The molecule has 2 unspecified atom stereocenters. The number of ether oxygens (including phenoxy) is 2. The Balaban J connectivity index is 1.58. The number of aromatic carboxylic acids is 1. The van der Waals surface area contributed by atoms with E-state index in [0.717, 1.165) is 0 Å². The molecule has 0 saturated heterocycles. The molecular weight excluding hydrogens is 508 g/mol. The Morgan fingerprint density at radius 3 is 2.62 bits per heavy atom. The van der Waals surface area contributed by atoms with Crippen molar-refractivity contribution >= 4 is 40.8 Å². The minimum absolute atomic E-state index is 0.0498. The van der Waals surface area contributed by atoms with Crippen molar-refractivity contribution in [3.05, 3.63) is 65.7 Å². The van der Waals surface area contributed by atoms with Gasteiger partial charge in [0.05, 0.1) is 11.9 Å². The SMILES string of the molecule is CC(=O)OC1(CCCCc2ccccc2C(=O)O)C(OCn2cnc3c(N)nc(N)nc32)=CC=CC1C(=O)O. The van der Waals surface area contributed by atoms with E-state index in [1.165, 1.54) is 36.0 Å². The lowest BCUT2D eigenvalue weighted by atomic mass is 9.77. The number of nitrogen functional groups attached to an aromatic ring is 2. The first-order chi connectivity index (χ1) is 18.6. The van der Waals surface area contributed by atoms with E-state index in [1.807, 2.05) is 0 Å². The van der Waals surface area contributed by atoms with Gasteiger partial charge < -0.3 is 31.2 Å². The van der Waals surface area contributed by atoms with Gasteiger partial charge >= 0.3 is 17.9 Å². The van der Waals surface area contributed by atoms with Crippen molar-refractivity contribution in [2.45, 2.75) is 44.9 Å². The van der Waals surface area contributed by atoms with Gasteiger partial charge in [0.2, 0.25) is 5.95 Å². The quantitative estimate of drug-likeness (QED) is 0.206. The number of carbonyl (C=O) groups is 3. The van der Waals surface area contributed by atoms with Gasteiger partial charge in [0, 0.05) is 6.92 Å². The molecule has 4 rings (SSSR count). The first-order valence-electron chi connectivity index (χ1n) is 12.1. The minimum Gasteiger partial charge on any atom is -0.481 e. The highest BCUT2D eigenvalue weighted by molar-refractivity contribution is 5.89. The van der Waals surface area contributed by atoms with Crippen molar-refractivity contribution in [3.63, 3.8) is 0 Å². The van der Waals surface area contributed by atoms with Gasteiger partial charge in [-0.2, -0.15) is 9.97 Å². The second-order valence-corrected chi connectivity index (χ2v) is 9.01. The fourth-order valence-corrected chi connectivity index (χ4v) is 4.72. The zero-order valence-electron chi connectivity index (χ0n) is 21.1. The van der Waals surface area contributed by atoms with Crippen LogP contribution < -0.4 is 11.5 Å². The summed E-state index contributed by atoms with van der Waals surface area (Å²) in [7, 11) is 0. The van der Waals surface area contributed by atoms with Crippen molar-refractivity contribution < 1.29 is 34.1 Å². The number of esters is 1. The second-order valence-electron chi connectivity index (χ2n) is 9.01. The third-order valence-corrected chi connectivity index (χ3v) is 6.42. The number of unbranched alkanes of at least 4 members (excludes halogenated alkanes) is 1. The lowest BCUT2D eigenvalue weighted by molar-refractivity contribution is -0.171. The summed E-state index contributed by atoms with van der Waals surface area (Å²) in [5.41, 5.74) is 11.5. The number of fused-ring (bicyclic) bond motifs is 1. The number of carboxylic acids is 2. The van der Waals surface area contributed by atoms with Gasteiger partial charge in [-0.25, -0.2) is 9.78 Å². The first-order valence-corrected chi connectivity index (χ1v) is 12.1. The van der Waals surface area contributed by atoms with E-state index >= 15 is 0 Å². The minimum atomic E-state index is -1.64. The number of benzene rings is 1. The number of carboxylic acid groups (broad SMARTS) is 2. The molecule has 2 heterocycles. The Kier molecular flexibility index (Phi) is 7.79. The molecule has 2 aromatic heterocycles. The molecule has 13 heteroatoms. The van der Waals surface area contributed by atoms with Crippen molar-refractivity contribution in [1.29, 1.82) is 0 Å². The Bertz CT molecular complexity index is 1480. The molecule has 0 bridgehead atoms. The van der Waals surface area contributed by atoms with Gasteiger partial charge in [-0.15, -0.1) is 0 Å². The van der Waals surface area contributed by atoms with Crippen LogP contribution in [0.15, 0.2) is 54.6 Å². The molecule has 0 spiro atoms. The number of nitrogens with two attached hydrogens (primary N) is 2. The molecule has 204 valence electrons. The molecule has 13 nitrogen and oxygen atoms in total. The topological polar surface area (TPSA) is 206 Å². The second kappa shape index (κ2) is 11.2. The van der Waals surface area contributed by atoms with E-state index in [9.17, 15) is 24.6 Å². The Labute approximate surface area is 222 Å². The highest BCUT2D eigenvalue weighted by Crippen LogP contribution is 2.40. The van der Waals surface area contributed by atoms with Crippen LogP contribution in [-0.2, 0) is 32.2 Å². The maximum absolute atomic E-state index is 12.3. The lowest BCUT2D eigenvalue weighted by Crippen LogP contribution is -2.48. The predicted molar refractivity (Wildman–Crippen MR) is 139 cm³/mol. The number of nitrogens with zero attached hydrogens (tertiary/aromatic N) is 4. The standard InChI is InChI=1S/C26H28N6O7/c1-15(33)39-26(12-5-4-8-16-7-2-3-9-17(16)23(34)35)18(24(36)37)10-6-11-19(26)38-14-32-13-29-20-21(27)30-25(28)31-22(20)32/h2-3,6-7,9-11,13,18H,4-5,8,12,14H2,1H3,(H,34,35)(H,36,37)(H4,27,28,30,31). The molecule has 39 heavy (non-hydrogen) atoms. The van der Waals surface area contributed by atoms with Crippen LogP contribution in [0.4, 0.5) is 11.8 Å². The van der Waals surface area contributed by atoms with E-state index < -0.39 is 29.4 Å². The monoisotopic (exact) mass is 536 g/mol. The van der Waals surface area contributed by atoms with Gasteiger partial charge in [0.1, 0.15) is 17.2 Å². The predicted octanol–water partition coefficient (Wildman–Crippen LogP) is 2.53. The summed E-state index contributed by atoms with van der Waals surface area (Å²) in [5, 5.41) is 19.5. The zero-order valence-corrected chi connectivity index (χ0v) is 21.1. The van der Waals surface area contributed by atoms with Crippen LogP contribution in [0.25, 0.3) is 11.2 Å². The van der Waals surface area contributed by atoms with Crippen LogP contribution in [0.5, 0.6) is 0 Å². The number of rotatable bonds is 11. The van der Waals surface area contributed by atoms with E-state index in [0.29, 0.717) is 36.0 Å². The lowest BCUT2D eigenvalue weighted by Gasteiger charge is -2.39. The van der Waals surface area contributed by atoms with Gasteiger partial charge in [-0.3, -0.25) is 14.2 Å². The largest absolute Gasteiger partial charge is 0.481 e. The summed E-state index contributed by atoms with van der Waals surface area (Å²) >= 11 is 0. The average molecular weight is 537 g/mol. The number of hydrogen-bond donors (Lipinski definition) is 4. The number of aromatic nitrogens is 4. The molecule has 6 N–H and O–H groups in total. The summed E-state index contributed by atoms with van der Waals surface area (Å²) in [6, 6.07) is 6.68. The molecule has 0 amide bonds. The van der Waals surface area contributed by atoms with Crippen LogP contribution >= 0.6 is 0 Å². The maximum Gasteiger partial charge on any atom is 0.335 e. The van der Waals surface area contributed by atoms with Gasteiger partial charge in [0.15, 0.2) is 23.8 Å². The smallest absolute Gasteiger partial charge is 0.335 e. The Morgan fingerprint density at radius 1 is 1.13 bits per heavy atom. The van der Waals surface area contributed by atoms with Gasteiger partial charge in [-0.05, 0) is 43.4 Å². The zero-order chi connectivity index (χ0) is 28.2. The molecule has 1 aliphatic rings. The van der Waals surface area contributed by atoms with E-state index in [1.54, 1.807) is 24.3 Å². The van der Waals surface area contributed by atoms with Crippen LogP contribution in [0.3, 0.4) is 0 Å². The van der Waals surface area contributed by atoms with Gasteiger partial charge in [0.25, 0.3) is 0 Å². The highest BCUT2D eigenvalue weighted by Gasteiger charge is 2.50. The molecule has 2 atom stereocenters. The summed E-state index contributed by atoms with van der Waals surface area (Å²) in [6.07, 6.45) is 7.43. The van der Waals surface area contributed by atoms with Crippen molar-refractivity contribution in [2.24, 2.45) is 5.92 Å². The Hall–Kier alpha value is -4.94. The van der Waals surface area contributed by atoms with Crippen molar-refractivity contribution in [1.82, 2.24) is 19.5 Å². The molecule has 0 fully saturated rings. The van der Waals surface area contributed by atoms with Crippen LogP contribution in [-0.4, -0.2) is 53.2 Å². The van der Waals surface area contributed by atoms with Crippen molar-refractivity contribution in [2.75, 3.05) is 11.5 Å². The number of aryl methyl sites for hydroxylation is 1. The third kappa shape index (κ3) is 5.66. The summed E-state index contributed by atoms with van der Waals surface area (Å²) < 4.78 is 13.3. The maximum atomic E-state index is 12.3. The number of carbonyl (C=O) groups excluding carboxylic acids is 1. The van der Waals surface area contributed by atoms with Crippen LogP contribution in [0.2, 0.25) is 0 Å². The molecule has 0 saturated carbocycles. The molecular formula is C26H28N6O7. The summed E-state index contributed by atoms with van der Waals surface area (Å²) in [6.45, 7) is 1.04.